The maximum Gasteiger partial charge on any atom is 0.247 e. The van der Waals surface area contributed by atoms with Gasteiger partial charge in [-0.1, -0.05) is 23.8 Å². The van der Waals surface area contributed by atoms with Gasteiger partial charge in [0, 0.05) is 23.6 Å². The van der Waals surface area contributed by atoms with Crippen LogP contribution in [0.2, 0.25) is 0 Å². The fraction of sp³-hybridized carbons (Fsp3) is 0.200. The van der Waals surface area contributed by atoms with E-state index in [4.69, 9.17) is 5.73 Å². The molecule has 0 spiro atoms. The third kappa shape index (κ3) is 2.73. The van der Waals surface area contributed by atoms with Crippen LogP contribution in [0, 0.1) is 6.92 Å². The number of carbonyl (C=O) groups is 1. The first-order valence-corrected chi connectivity index (χ1v) is 6.07. The molecule has 1 aromatic carbocycles. The lowest BCUT2D eigenvalue weighted by atomic mass is 9.92. The number of rotatable bonds is 4. The highest BCUT2D eigenvalue weighted by Crippen LogP contribution is 2.25. The normalized spacial score (nSPS) is 13.6. The van der Waals surface area contributed by atoms with Crippen LogP contribution in [-0.2, 0) is 10.3 Å². The molecule has 1 unspecified atom stereocenters. The van der Waals surface area contributed by atoms with E-state index >= 15 is 0 Å². The Morgan fingerprint density at radius 1 is 1.26 bits per heavy atom. The summed E-state index contributed by atoms with van der Waals surface area (Å²) >= 11 is 0. The van der Waals surface area contributed by atoms with Crippen LogP contribution in [0.25, 0.3) is 0 Å². The molecule has 0 fully saturated rings. The number of hydrogen-bond donors (Lipinski definition) is 2. The van der Waals surface area contributed by atoms with Crippen molar-refractivity contribution in [2.24, 2.45) is 5.73 Å². The number of nitrogens with one attached hydrogen (secondary N) is 1. The average Bonchev–Trinajstić information content (AvgIpc) is 2.42. The Labute approximate surface area is 112 Å². The number of anilines is 1. The van der Waals surface area contributed by atoms with Gasteiger partial charge in [0.2, 0.25) is 5.91 Å². The number of aryl methyl sites for hydroxylation is 1. The van der Waals surface area contributed by atoms with Gasteiger partial charge in [0.15, 0.2) is 0 Å². The first-order chi connectivity index (χ1) is 9.02. The molecule has 3 N–H and O–H groups in total. The molecule has 0 aliphatic rings. The number of pyridine rings is 1. The molecule has 0 radical (unpaired) electrons. The summed E-state index contributed by atoms with van der Waals surface area (Å²) < 4.78 is 0. The van der Waals surface area contributed by atoms with Crippen molar-refractivity contribution in [3.05, 3.63) is 59.9 Å². The summed E-state index contributed by atoms with van der Waals surface area (Å²) in [5.41, 5.74) is 7.31. The molecule has 1 heterocycles. The summed E-state index contributed by atoms with van der Waals surface area (Å²) in [4.78, 5) is 15.9. The number of amides is 1. The predicted octanol–water partition coefficient (Wildman–Crippen LogP) is 2.20. The molecule has 0 aliphatic carbocycles. The van der Waals surface area contributed by atoms with Crippen LogP contribution in [0.4, 0.5) is 5.69 Å². The summed E-state index contributed by atoms with van der Waals surface area (Å²) in [7, 11) is 0. The summed E-state index contributed by atoms with van der Waals surface area (Å²) in [5.74, 6) is -0.443. The van der Waals surface area contributed by atoms with E-state index in [1.165, 1.54) is 0 Å². The van der Waals surface area contributed by atoms with Gasteiger partial charge in [-0.15, -0.1) is 0 Å². The Balaban J connectivity index is 2.36. The molecular weight excluding hydrogens is 238 g/mol. The molecule has 0 saturated carbocycles. The van der Waals surface area contributed by atoms with Crippen molar-refractivity contribution >= 4 is 11.6 Å². The predicted molar refractivity (Wildman–Crippen MR) is 75.6 cm³/mol. The van der Waals surface area contributed by atoms with E-state index in [1.54, 1.807) is 25.4 Å². The van der Waals surface area contributed by atoms with Crippen molar-refractivity contribution in [1.29, 1.82) is 0 Å². The van der Waals surface area contributed by atoms with Gasteiger partial charge < -0.3 is 11.1 Å². The van der Waals surface area contributed by atoms with Gasteiger partial charge in [0.25, 0.3) is 0 Å². The van der Waals surface area contributed by atoms with Gasteiger partial charge in [-0.05, 0) is 32.0 Å². The molecule has 0 aliphatic heterocycles. The third-order valence-electron chi connectivity index (χ3n) is 3.18. The van der Waals surface area contributed by atoms with Gasteiger partial charge in [-0.25, -0.2) is 0 Å². The van der Waals surface area contributed by atoms with Crippen LogP contribution in [0.15, 0.2) is 48.8 Å². The van der Waals surface area contributed by atoms with Gasteiger partial charge in [-0.3, -0.25) is 9.78 Å². The molecule has 1 amide bonds. The third-order valence-corrected chi connectivity index (χ3v) is 3.18. The molecule has 1 aromatic heterocycles. The summed E-state index contributed by atoms with van der Waals surface area (Å²) in [6, 6.07) is 11.4. The number of carbonyl (C=O) groups excluding carboxylic acids is 1. The first kappa shape index (κ1) is 13.1. The van der Waals surface area contributed by atoms with Crippen LogP contribution in [0.3, 0.4) is 0 Å². The van der Waals surface area contributed by atoms with Crippen LogP contribution in [0.1, 0.15) is 18.1 Å². The molecule has 0 bridgehead atoms. The average molecular weight is 255 g/mol. The SMILES string of the molecule is Cc1ccc(NC(C)(C(N)=O)c2cccnc2)cc1. The maximum atomic E-state index is 11.8. The van der Waals surface area contributed by atoms with E-state index in [0.717, 1.165) is 16.8 Å². The fourth-order valence-corrected chi connectivity index (χ4v) is 1.86. The van der Waals surface area contributed by atoms with Crippen LogP contribution in [0.5, 0.6) is 0 Å². The number of primary amides is 1. The highest BCUT2D eigenvalue weighted by atomic mass is 16.1. The second kappa shape index (κ2) is 5.10. The lowest BCUT2D eigenvalue weighted by Crippen LogP contribution is -2.45. The molecule has 4 nitrogen and oxygen atoms in total. The van der Waals surface area contributed by atoms with Gasteiger partial charge >= 0.3 is 0 Å². The molecule has 1 atom stereocenters. The van der Waals surface area contributed by atoms with E-state index < -0.39 is 11.4 Å². The minimum Gasteiger partial charge on any atom is -0.368 e. The molecule has 4 heteroatoms. The summed E-state index contributed by atoms with van der Waals surface area (Å²) in [6.07, 6.45) is 3.31. The van der Waals surface area contributed by atoms with E-state index in [2.05, 4.69) is 10.3 Å². The highest BCUT2D eigenvalue weighted by Gasteiger charge is 2.33. The van der Waals surface area contributed by atoms with Crippen LogP contribution >= 0.6 is 0 Å². The smallest absolute Gasteiger partial charge is 0.247 e. The molecule has 2 aromatic rings. The van der Waals surface area contributed by atoms with Crippen LogP contribution < -0.4 is 11.1 Å². The minimum atomic E-state index is -0.983. The Bertz CT molecular complexity index is 566. The zero-order valence-corrected chi connectivity index (χ0v) is 11.1. The second-order valence-corrected chi connectivity index (χ2v) is 4.72. The summed E-state index contributed by atoms with van der Waals surface area (Å²) in [5, 5.41) is 3.18. The van der Waals surface area contributed by atoms with Crippen LogP contribution in [-0.4, -0.2) is 10.9 Å². The quantitative estimate of drug-likeness (QED) is 0.880. The number of benzene rings is 1. The topological polar surface area (TPSA) is 68.0 Å². The van der Waals surface area contributed by atoms with E-state index in [0.29, 0.717) is 0 Å². The molecular formula is C15H17N3O. The largest absolute Gasteiger partial charge is 0.368 e. The monoisotopic (exact) mass is 255 g/mol. The van der Waals surface area contributed by atoms with Crippen molar-refractivity contribution < 1.29 is 4.79 Å². The van der Waals surface area contributed by atoms with Crippen molar-refractivity contribution in [2.45, 2.75) is 19.4 Å². The number of aromatic nitrogens is 1. The van der Waals surface area contributed by atoms with Gasteiger partial charge in [0.05, 0.1) is 0 Å². The Morgan fingerprint density at radius 2 is 1.95 bits per heavy atom. The highest BCUT2D eigenvalue weighted by molar-refractivity contribution is 5.88. The van der Waals surface area contributed by atoms with E-state index in [-0.39, 0.29) is 0 Å². The summed E-state index contributed by atoms with van der Waals surface area (Å²) in [6.45, 7) is 3.77. The fourth-order valence-electron chi connectivity index (χ4n) is 1.86. The molecule has 2 rings (SSSR count). The number of hydrogen-bond acceptors (Lipinski definition) is 3. The Morgan fingerprint density at radius 3 is 2.47 bits per heavy atom. The lowest BCUT2D eigenvalue weighted by Gasteiger charge is -2.28. The van der Waals surface area contributed by atoms with Gasteiger partial charge in [-0.2, -0.15) is 0 Å². The first-order valence-electron chi connectivity index (χ1n) is 6.07. The number of nitrogens with two attached hydrogens (primary N) is 1. The van der Waals surface area contributed by atoms with Crippen molar-refractivity contribution in [3.63, 3.8) is 0 Å². The van der Waals surface area contributed by atoms with Crippen molar-refractivity contribution in [1.82, 2.24) is 4.98 Å². The van der Waals surface area contributed by atoms with Crippen molar-refractivity contribution in [3.8, 4) is 0 Å². The van der Waals surface area contributed by atoms with E-state index in [9.17, 15) is 4.79 Å². The zero-order valence-electron chi connectivity index (χ0n) is 11.1. The second-order valence-electron chi connectivity index (χ2n) is 4.72. The van der Waals surface area contributed by atoms with Crippen molar-refractivity contribution in [2.75, 3.05) is 5.32 Å². The molecule has 98 valence electrons. The maximum absolute atomic E-state index is 11.8. The lowest BCUT2D eigenvalue weighted by molar-refractivity contribution is -0.122. The molecule has 0 saturated heterocycles. The minimum absolute atomic E-state index is 0.443. The Kier molecular flexibility index (Phi) is 3.51. The van der Waals surface area contributed by atoms with Gasteiger partial charge in [0.1, 0.15) is 5.54 Å². The number of nitrogens with zero attached hydrogens (tertiary/aromatic N) is 1. The standard InChI is InChI=1S/C15H17N3O/c1-11-5-7-13(8-6-11)18-15(2,14(16)19)12-4-3-9-17-10-12/h3-10,18H,1-2H3,(H2,16,19). The van der Waals surface area contributed by atoms with E-state index in [1.807, 2.05) is 37.3 Å². The molecule has 19 heavy (non-hydrogen) atoms. The zero-order chi connectivity index (χ0) is 13.9. The Hall–Kier alpha value is -2.36.